The van der Waals surface area contributed by atoms with Gasteiger partial charge in [0.05, 0.1) is 5.69 Å². The van der Waals surface area contributed by atoms with E-state index in [-0.39, 0.29) is 18.7 Å². The van der Waals surface area contributed by atoms with Crippen LogP contribution in [0.1, 0.15) is 6.42 Å². The van der Waals surface area contributed by atoms with Crippen LogP contribution in [0.3, 0.4) is 0 Å². The zero-order chi connectivity index (χ0) is 16.4. The number of anilines is 1. The highest BCUT2D eigenvalue weighted by Gasteiger charge is 2.26. The lowest BCUT2D eigenvalue weighted by Crippen LogP contribution is -2.49. The van der Waals surface area contributed by atoms with Crippen LogP contribution >= 0.6 is 0 Å². The van der Waals surface area contributed by atoms with Crippen LogP contribution in [0.4, 0.5) is 19.3 Å². The number of hydrogen-bond donors (Lipinski definition) is 1. The fourth-order valence-electron chi connectivity index (χ4n) is 2.22. The molecule has 5 nitrogen and oxygen atoms in total. The van der Waals surface area contributed by atoms with Gasteiger partial charge in [0.1, 0.15) is 5.75 Å². The summed E-state index contributed by atoms with van der Waals surface area (Å²) in [6.07, 6.45) is 0.0667. The van der Waals surface area contributed by atoms with Crippen molar-refractivity contribution in [3.63, 3.8) is 0 Å². The van der Waals surface area contributed by atoms with Gasteiger partial charge in [-0.3, -0.25) is 15.0 Å². The van der Waals surface area contributed by atoms with Gasteiger partial charge in [0.15, 0.2) is 17.4 Å². The Morgan fingerprint density at radius 2 is 1.70 bits per heavy atom. The molecular formula is C16H12F2N2O3. The number of para-hydroxylation sites is 1. The second-order valence-corrected chi connectivity index (χ2v) is 4.91. The predicted molar refractivity (Wildman–Crippen MR) is 78.4 cm³/mol. The number of imide groups is 1. The molecule has 0 aromatic heterocycles. The number of carbonyl (C=O) groups is 2. The summed E-state index contributed by atoms with van der Waals surface area (Å²) in [6.45, 7) is 0.0580. The highest BCUT2D eigenvalue weighted by atomic mass is 19.1. The number of halogens is 2. The lowest BCUT2D eigenvalue weighted by atomic mass is 10.2. The standard InChI is InChI=1S/C16H12F2N2O3/c17-12-8-10(20-7-6-14(21)19-16(20)22)9-13(18)15(12)23-11-4-2-1-3-5-11/h1-5,8-9H,6-7H2,(H,19,21,22). The van der Waals surface area contributed by atoms with Crippen LogP contribution in [0.2, 0.25) is 0 Å². The average Bonchev–Trinajstić information content (AvgIpc) is 2.52. The summed E-state index contributed by atoms with van der Waals surface area (Å²) < 4.78 is 33.5. The van der Waals surface area contributed by atoms with E-state index in [1.54, 1.807) is 30.3 Å². The summed E-state index contributed by atoms with van der Waals surface area (Å²) in [5.74, 6) is -2.55. The van der Waals surface area contributed by atoms with E-state index in [0.717, 1.165) is 17.0 Å². The Morgan fingerprint density at radius 3 is 2.30 bits per heavy atom. The Kier molecular flexibility index (Phi) is 3.92. The number of benzene rings is 2. The highest BCUT2D eigenvalue weighted by molar-refractivity contribution is 6.05. The summed E-state index contributed by atoms with van der Waals surface area (Å²) in [6, 6.07) is 9.51. The van der Waals surface area contributed by atoms with Crippen molar-refractivity contribution in [2.75, 3.05) is 11.4 Å². The second kappa shape index (κ2) is 6.04. The van der Waals surface area contributed by atoms with Gasteiger partial charge in [-0.2, -0.15) is 0 Å². The summed E-state index contributed by atoms with van der Waals surface area (Å²) >= 11 is 0. The molecule has 0 saturated carbocycles. The highest BCUT2D eigenvalue weighted by Crippen LogP contribution is 2.31. The van der Waals surface area contributed by atoms with Gasteiger partial charge in [0.25, 0.3) is 0 Å². The number of rotatable bonds is 3. The average molecular weight is 318 g/mol. The fraction of sp³-hybridized carbons (Fsp3) is 0.125. The molecule has 3 rings (SSSR count). The number of nitrogens with zero attached hydrogens (tertiary/aromatic N) is 1. The van der Waals surface area contributed by atoms with E-state index in [0.29, 0.717) is 5.75 Å². The number of ether oxygens (including phenoxy) is 1. The quantitative estimate of drug-likeness (QED) is 0.945. The third-order valence-corrected chi connectivity index (χ3v) is 3.31. The van der Waals surface area contributed by atoms with E-state index >= 15 is 0 Å². The van der Waals surface area contributed by atoms with Gasteiger partial charge in [-0.15, -0.1) is 0 Å². The molecule has 2 aromatic rings. The molecule has 0 atom stereocenters. The summed E-state index contributed by atoms with van der Waals surface area (Å²) in [4.78, 5) is 23.9. The van der Waals surface area contributed by atoms with Crippen molar-refractivity contribution in [2.45, 2.75) is 6.42 Å². The van der Waals surface area contributed by atoms with Crippen LogP contribution < -0.4 is 15.0 Å². The van der Waals surface area contributed by atoms with Crippen molar-refractivity contribution in [1.29, 1.82) is 0 Å². The number of urea groups is 1. The van der Waals surface area contributed by atoms with E-state index in [9.17, 15) is 18.4 Å². The topological polar surface area (TPSA) is 58.6 Å². The molecule has 0 spiro atoms. The third-order valence-electron chi connectivity index (χ3n) is 3.31. The van der Waals surface area contributed by atoms with Gasteiger partial charge in [0, 0.05) is 25.1 Å². The molecule has 1 saturated heterocycles. The van der Waals surface area contributed by atoms with Gasteiger partial charge in [-0.25, -0.2) is 13.6 Å². The first-order valence-corrected chi connectivity index (χ1v) is 6.88. The number of carbonyl (C=O) groups excluding carboxylic acids is 2. The Balaban J connectivity index is 1.88. The van der Waals surface area contributed by atoms with Crippen molar-refractivity contribution >= 4 is 17.6 Å². The van der Waals surface area contributed by atoms with Crippen LogP contribution in [-0.2, 0) is 4.79 Å². The lowest BCUT2D eigenvalue weighted by molar-refractivity contribution is -0.120. The van der Waals surface area contributed by atoms with Crippen molar-refractivity contribution in [3.05, 3.63) is 54.1 Å². The Labute approximate surface area is 130 Å². The normalized spacial score (nSPS) is 14.6. The number of amides is 3. The molecule has 0 aliphatic carbocycles. The molecule has 1 N–H and O–H groups in total. The maximum Gasteiger partial charge on any atom is 0.328 e. The van der Waals surface area contributed by atoms with Crippen molar-refractivity contribution < 1.29 is 23.1 Å². The zero-order valence-corrected chi connectivity index (χ0v) is 11.9. The number of nitrogens with one attached hydrogen (secondary N) is 1. The minimum Gasteiger partial charge on any atom is -0.451 e. The minimum absolute atomic E-state index is 0.0189. The largest absolute Gasteiger partial charge is 0.451 e. The van der Waals surface area contributed by atoms with Crippen molar-refractivity contribution in [2.24, 2.45) is 0 Å². The summed E-state index contributed by atoms with van der Waals surface area (Å²) in [7, 11) is 0. The first-order valence-electron chi connectivity index (χ1n) is 6.88. The molecule has 2 aromatic carbocycles. The maximum absolute atomic E-state index is 14.2. The molecular weight excluding hydrogens is 306 g/mol. The van der Waals surface area contributed by atoms with Gasteiger partial charge in [-0.1, -0.05) is 18.2 Å². The van der Waals surface area contributed by atoms with E-state index in [1.165, 1.54) is 0 Å². The lowest BCUT2D eigenvalue weighted by Gasteiger charge is -2.26. The smallest absolute Gasteiger partial charge is 0.328 e. The first kappa shape index (κ1) is 15.0. The number of hydrogen-bond acceptors (Lipinski definition) is 3. The molecule has 1 aliphatic rings. The van der Waals surface area contributed by atoms with Gasteiger partial charge >= 0.3 is 6.03 Å². The zero-order valence-electron chi connectivity index (χ0n) is 11.9. The molecule has 1 fully saturated rings. The SMILES string of the molecule is O=C1CCN(c2cc(F)c(Oc3ccccc3)c(F)c2)C(=O)N1. The van der Waals surface area contributed by atoms with E-state index in [4.69, 9.17) is 4.74 Å². The van der Waals surface area contributed by atoms with Crippen LogP contribution in [-0.4, -0.2) is 18.5 Å². The van der Waals surface area contributed by atoms with Gasteiger partial charge in [-0.05, 0) is 12.1 Å². The molecule has 0 bridgehead atoms. The predicted octanol–water partition coefficient (Wildman–Crippen LogP) is 3.20. The maximum atomic E-state index is 14.2. The molecule has 1 heterocycles. The van der Waals surface area contributed by atoms with Crippen LogP contribution in [0.25, 0.3) is 0 Å². The molecule has 7 heteroatoms. The molecule has 3 amide bonds. The first-order chi connectivity index (χ1) is 11.0. The molecule has 23 heavy (non-hydrogen) atoms. The second-order valence-electron chi connectivity index (χ2n) is 4.91. The monoisotopic (exact) mass is 318 g/mol. The van der Waals surface area contributed by atoms with Gasteiger partial charge in [0.2, 0.25) is 5.91 Å². The Morgan fingerprint density at radius 1 is 1.04 bits per heavy atom. The summed E-state index contributed by atoms with van der Waals surface area (Å²) in [5, 5.41) is 2.09. The van der Waals surface area contributed by atoms with Crippen LogP contribution in [0, 0.1) is 11.6 Å². The van der Waals surface area contributed by atoms with E-state index < -0.39 is 29.3 Å². The molecule has 0 unspecified atom stereocenters. The van der Waals surface area contributed by atoms with Crippen molar-refractivity contribution in [3.8, 4) is 11.5 Å². The Hall–Kier alpha value is -2.96. The van der Waals surface area contributed by atoms with Crippen molar-refractivity contribution in [1.82, 2.24) is 5.32 Å². The Bertz CT molecular complexity index is 742. The molecule has 118 valence electrons. The molecule has 1 aliphatic heterocycles. The van der Waals surface area contributed by atoms with E-state index in [1.807, 2.05) is 0 Å². The van der Waals surface area contributed by atoms with Gasteiger partial charge < -0.3 is 4.74 Å². The summed E-state index contributed by atoms with van der Waals surface area (Å²) in [5.41, 5.74) is 0.0189. The third kappa shape index (κ3) is 3.13. The fourth-order valence-corrected chi connectivity index (χ4v) is 2.22. The molecule has 0 radical (unpaired) electrons. The van der Waals surface area contributed by atoms with Crippen LogP contribution in [0.15, 0.2) is 42.5 Å². The van der Waals surface area contributed by atoms with E-state index in [2.05, 4.69) is 5.32 Å². The minimum atomic E-state index is -0.937. The van der Waals surface area contributed by atoms with Crippen LogP contribution in [0.5, 0.6) is 11.5 Å².